The van der Waals surface area contributed by atoms with Gasteiger partial charge in [-0.05, 0) is 32.0 Å². The molecule has 0 radical (unpaired) electrons. The first-order valence-corrected chi connectivity index (χ1v) is 12.9. The molecule has 1 aromatic carbocycles. The predicted octanol–water partition coefficient (Wildman–Crippen LogP) is 2.32. The van der Waals surface area contributed by atoms with Crippen molar-refractivity contribution in [3.8, 4) is 34.6 Å². The van der Waals surface area contributed by atoms with Crippen LogP contribution in [0.4, 0.5) is 5.95 Å². The van der Waals surface area contributed by atoms with Gasteiger partial charge < -0.3 is 19.3 Å². The summed E-state index contributed by atoms with van der Waals surface area (Å²) in [5.74, 6) is 1.04. The van der Waals surface area contributed by atoms with Crippen molar-refractivity contribution in [2.45, 2.75) is 25.2 Å². The van der Waals surface area contributed by atoms with Gasteiger partial charge in [-0.25, -0.2) is 13.4 Å². The van der Waals surface area contributed by atoms with Crippen LogP contribution in [-0.4, -0.2) is 69.8 Å². The fraction of sp³-hybridized carbons (Fsp3) is 0.292. The van der Waals surface area contributed by atoms with Gasteiger partial charge in [0.2, 0.25) is 21.9 Å². The molecule has 0 aliphatic rings. The predicted molar refractivity (Wildman–Crippen MR) is 138 cm³/mol. The van der Waals surface area contributed by atoms with Crippen LogP contribution < -0.4 is 18.9 Å². The number of rotatable bonds is 10. The number of aryl methyl sites for hydroxylation is 1. The van der Waals surface area contributed by atoms with Crippen LogP contribution in [0.2, 0.25) is 0 Å². The van der Waals surface area contributed by atoms with Gasteiger partial charge in [0, 0.05) is 12.3 Å². The fourth-order valence-electron chi connectivity index (χ4n) is 3.62. The monoisotopic (exact) mass is 541 g/mol. The van der Waals surface area contributed by atoms with Gasteiger partial charge in [-0.2, -0.15) is 0 Å². The number of methoxy groups -OCH3 is 3. The summed E-state index contributed by atoms with van der Waals surface area (Å²) in [5, 5.41) is 17.8. The van der Waals surface area contributed by atoms with Gasteiger partial charge in [-0.15, -0.1) is 10.2 Å². The van der Waals surface area contributed by atoms with E-state index in [-0.39, 0.29) is 17.5 Å². The highest BCUT2D eigenvalue weighted by molar-refractivity contribution is 7.93. The van der Waals surface area contributed by atoms with Crippen molar-refractivity contribution in [2.24, 2.45) is 0 Å². The van der Waals surface area contributed by atoms with Crippen molar-refractivity contribution in [3.05, 3.63) is 60.2 Å². The van der Waals surface area contributed by atoms with E-state index in [1.54, 1.807) is 43.3 Å². The maximum atomic E-state index is 13.4. The van der Waals surface area contributed by atoms with Gasteiger partial charge in [-0.1, -0.05) is 12.1 Å². The Labute approximate surface area is 219 Å². The molecule has 4 aromatic rings. The summed E-state index contributed by atoms with van der Waals surface area (Å²) in [7, 11) is 0.175. The lowest BCUT2D eigenvalue weighted by Crippen LogP contribution is -2.32. The van der Waals surface area contributed by atoms with Crippen LogP contribution >= 0.6 is 0 Å². The SMILES string of the molecule is COc1cccc(-c2nnc(NS(=O)(=O)C(C)C(O)c3cnc(C)cn3)n2-c2c(OC)cccc2OC)n1. The van der Waals surface area contributed by atoms with Gasteiger partial charge in [0.1, 0.15) is 34.2 Å². The number of nitrogens with zero attached hydrogens (tertiary/aromatic N) is 6. The number of benzene rings is 1. The molecule has 13 nitrogen and oxygen atoms in total. The Balaban J connectivity index is 1.84. The standard InChI is InChI=1S/C24H27N7O6S/c1-14-12-26-17(13-25-14)22(32)15(2)38(33,34)30-24-29-28-23(16-8-6-11-20(27-16)37-5)31(24)21-18(35-3)9-7-10-19(21)36-4/h6-13,15,22,32H,1-5H3,(H,29,30). The van der Waals surface area contributed by atoms with E-state index in [0.717, 1.165) is 0 Å². The zero-order valence-corrected chi connectivity index (χ0v) is 22.2. The summed E-state index contributed by atoms with van der Waals surface area (Å²) in [6, 6.07) is 10.1. The minimum Gasteiger partial charge on any atom is -0.494 e. The molecule has 0 bridgehead atoms. The average molecular weight is 542 g/mol. The second-order valence-corrected chi connectivity index (χ2v) is 10.2. The molecule has 0 fully saturated rings. The first kappa shape index (κ1) is 26.8. The molecule has 0 saturated carbocycles. The average Bonchev–Trinajstić information content (AvgIpc) is 3.34. The Morgan fingerprint density at radius 3 is 2.24 bits per heavy atom. The number of nitrogens with one attached hydrogen (secondary N) is 1. The summed E-state index contributed by atoms with van der Waals surface area (Å²) in [4.78, 5) is 12.6. The summed E-state index contributed by atoms with van der Waals surface area (Å²) in [5.41, 5.74) is 1.42. The Kier molecular flexibility index (Phi) is 7.73. The van der Waals surface area contributed by atoms with Gasteiger partial charge in [0.15, 0.2) is 5.82 Å². The van der Waals surface area contributed by atoms with Crippen LogP contribution in [0.25, 0.3) is 17.2 Å². The molecule has 3 heterocycles. The molecule has 200 valence electrons. The molecule has 2 N–H and O–H groups in total. The minimum absolute atomic E-state index is 0.114. The highest BCUT2D eigenvalue weighted by atomic mass is 32.2. The molecule has 0 saturated heterocycles. The maximum absolute atomic E-state index is 13.4. The van der Waals surface area contributed by atoms with E-state index < -0.39 is 21.4 Å². The summed E-state index contributed by atoms with van der Waals surface area (Å²) in [6.45, 7) is 3.09. The summed E-state index contributed by atoms with van der Waals surface area (Å²) in [6.07, 6.45) is 1.32. The highest BCUT2D eigenvalue weighted by Crippen LogP contribution is 2.38. The van der Waals surface area contributed by atoms with Crippen molar-refractivity contribution < 1.29 is 27.7 Å². The first-order valence-electron chi connectivity index (χ1n) is 11.4. The van der Waals surface area contributed by atoms with Crippen molar-refractivity contribution >= 4 is 16.0 Å². The molecular formula is C24H27N7O6S. The van der Waals surface area contributed by atoms with Gasteiger partial charge in [0.05, 0.1) is 38.9 Å². The second kappa shape index (κ2) is 11.0. The van der Waals surface area contributed by atoms with E-state index >= 15 is 0 Å². The first-order chi connectivity index (χ1) is 18.2. The van der Waals surface area contributed by atoms with Crippen LogP contribution in [0, 0.1) is 6.92 Å². The lowest BCUT2D eigenvalue weighted by atomic mass is 10.2. The zero-order valence-electron chi connectivity index (χ0n) is 21.4. The lowest BCUT2D eigenvalue weighted by Gasteiger charge is -2.21. The molecular weight excluding hydrogens is 514 g/mol. The molecule has 38 heavy (non-hydrogen) atoms. The molecule has 2 unspecified atom stereocenters. The number of aromatic nitrogens is 6. The number of pyridine rings is 1. The third-order valence-corrected chi connectivity index (χ3v) is 7.43. The molecule has 4 rings (SSSR count). The summed E-state index contributed by atoms with van der Waals surface area (Å²) < 4.78 is 47.1. The molecule has 0 spiro atoms. The minimum atomic E-state index is -4.24. The highest BCUT2D eigenvalue weighted by Gasteiger charge is 2.33. The van der Waals surface area contributed by atoms with Crippen molar-refractivity contribution in [1.82, 2.24) is 29.7 Å². The van der Waals surface area contributed by atoms with E-state index in [9.17, 15) is 13.5 Å². The molecule has 0 aliphatic carbocycles. The van der Waals surface area contributed by atoms with Gasteiger partial charge in [0.25, 0.3) is 0 Å². The molecule has 0 amide bonds. The van der Waals surface area contributed by atoms with Crippen LogP contribution in [-0.2, 0) is 10.0 Å². The van der Waals surface area contributed by atoms with Gasteiger partial charge in [-0.3, -0.25) is 19.3 Å². The number of sulfonamides is 1. The third kappa shape index (κ3) is 5.21. The van der Waals surface area contributed by atoms with Crippen molar-refractivity contribution in [3.63, 3.8) is 0 Å². The topological polar surface area (TPSA) is 163 Å². The third-order valence-electron chi connectivity index (χ3n) is 5.72. The van der Waals surface area contributed by atoms with Crippen LogP contribution in [0.1, 0.15) is 24.4 Å². The molecule has 0 aliphatic heterocycles. The fourth-order valence-corrected chi connectivity index (χ4v) is 4.67. The Bertz CT molecular complexity index is 1500. The lowest BCUT2D eigenvalue weighted by molar-refractivity contribution is 0.171. The van der Waals surface area contributed by atoms with E-state index in [4.69, 9.17) is 14.2 Å². The maximum Gasteiger partial charge on any atom is 0.243 e. The number of hydrogen-bond donors (Lipinski definition) is 2. The molecule has 3 aromatic heterocycles. The quantitative estimate of drug-likeness (QED) is 0.303. The Morgan fingerprint density at radius 2 is 1.63 bits per heavy atom. The van der Waals surface area contributed by atoms with Crippen molar-refractivity contribution in [1.29, 1.82) is 0 Å². The number of aliphatic hydroxyl groups is 1. The van der Waals surface area contributed by atoms with Gasteiger partial charge >= 0.3 is 0 Å². The number of anilines is 1. The normalized spacial score (nSPS) is 13.0. The largest absolute Gasteiger partial charge is 0.494 e. The number of ether oxygens (including phenoxy) is 3. The van der Waals surface area contributed by atoms with E-state index in [1.807, 2.05) is 0 Å². The molecule has 2 atom stereocenters. The smallest absolute Gasteiger partial charge is 0.243 e. The summed E-state index contributed by atoms with van der Waals surface area (Å²) >= 11 is 0. The van der Waals surface area contributed by atoms with E-state index in [2.05, 4.69) is 29.9 Å². The van der Waals surface area contributed by atoms with E-state index in [0.29, 0.717) is 34.5 Å². The van der Waals surface area contributed by atoms with Crippen LogP contribution in [0.5, 0.6) is 17.4 Å². The number of hydrogen-bond acceptors (Lipinski definition) is 11. The second-order valence-electron chi connectivity index (χ2n) is 8.14. The number of para-hydroxylation sites is 1. The van der Waals surface area contributed by atoms with Crippen LogP contribution in [0.3, 0.4) is 0 Å². The van der Waals surface area contributed by atoms with Crippen molar-refractivity contribution in [2.75, 3.05) is 26.1 Å². The molecule has 14 heteroatoms. The van der Waals surface area contributed by atoms with Crippen LogP contribution in [0.15, 0.2) is 48.8 Å². The number of aliphatic hydroxyl groups excluding tert-OH is 1. The Morgan fingerprint density at radius 1 is 0.947 bits per heavy atom. The Hall–Kier alpha value is -4.30. The zero-order chi connectivity index (χ0) is 27.4. The van der Waals surface area contributed by atoms with E-state index in [1.165, 1.54) is 45.2 Å².